The van der Waals surface area contributed by atoms with E-state index in [0.29, 0.717) is 23.2 Å². The van der Waals surface area contributed by atoms with Gasteiger partial charge in [-0.1, -0.05) is 17.7 Å². The van der Waals surface area contributed by atoms with Crippen molar-refractivity contribution in [2.75, 3.05) is 10.6 Å². The quantitative estimate of drug-likeness (QED) is 0.767. The Kier molecular flexibility index (Phi) is 3.11. The van der Waals surface area contributed by atoms with Crippen LogP contribution in [-0.2, 0) is 0 Å². The minimum Gasteiger partial charge on any atom is -0.367 e. The molecule has 0 spiro atoms. The monoisotopic (exact) mass is 317 g/mol. The minimum atomic E-state index is -0.464. The van der Waals surface area contributed by atoms with Crippen LogP contribution in [0.4, 0.5) is 21.7 Å². The van der Waals surface area contributed by atoms with Crippen molar-refractivity contribution in [3.8, 4) is 0 Å². The molecule has 0 amide bonds. The highest BCUT2D eigenvalue weighted by Crippen LogP contribution is 2.30. The molecule has 0 atom stereocenters. The first-order valence-corrected chi connectivity index (χ1v) is 7.41. The number of nitrogens with one attached hydrogen (secondary N) is 2. The number of nitrogens with zero attached hydrogens (tertiary/aromatic N) is 3. The fourth-order valence-corrected chi connectivity index (χ4v) is 2.43. The van der Waals surface area contributed by atoms with Gasteiger partial charge in [-0.3, -0.25) is 0 Å². The summed E-state index contributed by atoms with van der Waals surface area (Å²) in [7, 11) is 0. The van der Waals surface area contributed by atoms with Gasteiger partial charge in [0, 0.05) is 18.2 Å². The van der Waals surface area contributed by atoms with Gasteiger partial charge in [0.25, 0.3) is 0 Å². The molecule has 1 aliphatic carbocycles. The third-order valence-electron chi connectivity index (χ3n) is 3.50. The smallest absolute Gasteiger partial charge is 0.159 e. The summed E-state index contributed by atoms with van der Waals surface area (Å²) in [6, 6.07) is 8.78. The number of rotatable bonds is 4. The lowest BCUT2D eigenvalue weighted by molar-refractivity contribution is 0.629. The zero-order valence-electron chi connectivity index (χ0n) is 11.6. The van der Waals surface area contributed by atoms with Crippen molar-refractivity contribution in [2.45, 2.75) is 18.9 Å². The van der Waals surface area contributed by atoms with Gasteiger partial charge in [0.15, 0.2) is 5.65 Å². The fourth-order valence-electron chi connectivity index (χ4n) is 2.25. The summed E-state index contributed by atoms with van der Waals surface area (Å²) >= 11 is 5.98. The van der Waals surface area contributed by atoms with Crippen LogP contribution in [0.5, 0.6) is 0 Å². The molecule has 0 aliphatic heterocycles. The van der Waals surface area contributed by atoms with E-state index in [-0.39, 0.29) is 5.02 Å². The molecule has 3 aromatic rings. The molecular weight excluding hydrogens is 305 g/mol. The molecule has 7 heteroatoms. The van der Waals surface area contributed by atoms with Gasteiger partial charge in [-0.2, -0.15) is 9.61 Å². The SMILES string of the molecule is Fc1cccc(Nc2cc(NC3CC3)n3nccc3n2)c1Cl. The van der Waals surface area contributed by atoms with E-state index in [0.717, 1.165) is 18.7 Å². The summed E-state index contributed by atoms with van der Waals surface area (Å²) in [5.41, 5.74) is 1.19. The van der Waals surface area contributed by atoms with Crippen LogP contribution in [0.25, 0.3) is 5.65 Å². The Morgan fingerprint density at radius 2 is 2.14 bits per heavy atom. The van der Waals surface area contributed by atoms with Crippen molar-refractivity contribution in [2.24, 2.45) is 0 Å². The summed E-state index contributed by atoms with van der Waals surface area (Å²) in [5.74, 6) is 0.976. The van der Waals surface area contributed by atoms with E-state index in [2.05, 4.69) is 20.7 Å². The predicted molar refractivity (Wildman–Crippen MR) is 84.3 cm³/mol. The molecule has 2 N–H and O–H groups in total. The molecule has 0 saturated heterocycles. The molecule has 1 saturated carbocycles. The Labute approximate surface area is 131 Å². The van der Waals surface area contributed by atoms with Gasteiger partial charge in [-0.15, -0.1) is 0 Å². The Morgan fingerprint density at radius 3 is 2.95 bits per heavy atom. The van der Waals surface area contributed by atoms with Crippen LogP contribution < -0.4 is 10.6 Å². The maximum atomic E-state index is 13.5. The molecule has 1 aliphatic rings. The Hall–Kier alpha value is -2.34. The minimum absolute atomic E-state index is 0.0504. The van der Waals surface area contributed by atoms with Crippen molar-refractivity contribution in [1.29, 1.82) is 0 Å². The average molecular weight is 318 g/mol. The predicted octanol–water partition coefficient (Wildman–Crippen LogP) is 3.84. The molecule has 4 rings (SSSR count). The molecule has 0 bridgehead atoms. The lowest BCUT2D eigenvalue weighted by Crippen LogP contribution is -2.09. The average Bonchev–Trinajstić information content (AvgIpc) is 3.18. The van der Waals surface area contributed by atoms with Gasteiger partial charge in [-0.25, -0.2) is 9.37 Å². The van der Waals surface area contributed by atoms with Gasteiger partial charge in [0.2, 0.25) is 0 Å². The molecule has 112 valence electrons. The zero-order valence-corrected chi connectivity index (χ0v) is 12.3. The lowest BCUT2D eigenvalue weighted by atomic mass is 10.3. The first-order chi connectivity index (χ1) is 10.7. The Bertz CT molecular complexity index is 843. The molecule has 5 nitrogen and oxygen atoms in total. The van der Waals surface area contributed by atoms with E-state index in [1.807, 2.05) is 12.1 Å². The topological polar surface area (TPSA) is 54.2 Å². The maximum absolute atomic E-state index is 13.5. The van der Waals surface area contributed by atoms with Crippen LogP contribution in [0.2, 0.25) is 5.02 Å². The van der Waals surface area contributed by atoms with Crippen LogP contribution in [0.3, 0.4) is 0 Å². The highest BCUT2D eigenvalue weighted by Gasteiger charge is 2.22. The molecule has 1 fully saturated rings. The highest BCUT2D eigenvalue weighted by molar-refractivity contribution is 6.33. The van der Waals surface area contributed by atoms with Crippen molar-refractivity contribution in [1.82, 2.24) is 14.6 Å². The molecule has 0 radical (unpaired) electrons. The third kappa shape index (κ3) is 2.46. The van der Waals surface area contributed by atoms with Gasteiger partial charge >= 0.3 is 0 Å². The zero-order chi connectivity index (χ0) is 15.1. The number of anilines is 3. The van der Waals surface area contributed by atoms with Crippen molar-refractivity contribution >= 4 is 34.6 Å². The number of fused-ring (bicyclic) bond motifs is 1. The van der Waals surface area contributed by atoms with Crippen molar-refractivity contribution in [3.63, 3.8) is 0 Å². The van der Waals surface area contributed by atoms with Gasteiger partial charge in [0.05, 0.1) is 16.9 Å². The van der Waals surface area contributed by atoms with Crippen LogP contribution in [0, 0.1) is 5.82 Å². The summed E-state index contributed by atoms with van der Waals surface area (Å²) < 4.78 is 15.3. The Morgan fingerprint density at radius 1 is 1.27 bits per heavy atom. The van der Waals surface area contributed by atoms with Crippen LogP contribution in [0.15, 0.2) is 36.5 Å². The molecular formula is C15H13ClFN5. The second kappa shape index (κ2) is 5.14. The molecule has 2 heterocycles. The van der Waals surface area contributed by atoms with E-state index in [9.17, 15) is 4.39 Å². The summed E-state index contributed by atoms with van der Waals surface area (Å²) in [5, 5.41) is 10.8. The van der Waals surface area contributed by atoms with E-state index in [4.69, 9.17) is 11.6 Å². The van der Waals surface area contributed by atoms with Crippen LogP contribution >= 0.6 is 11.6 Å². The number of halogens is 2. The van der Waals surface area contributed by atoms with Crippen LogP contribution in [0.1, 0.15) is 12.8 Å². The molecule has 2 aromatic heterocycles. The van der Waals surface area contributed by atoms with Crippen molar-refractivity contribution in [3.05, 3.63) is 47.4 Å². The maximum Gasteiger partial charge on any atom is 0.159 e. The van der Waals surface area contributed by atoms with Gasteiger partial charge in [-0.05, 0) is 25.0 Å². The lowest BCUT2D eigenvalue weighted by Gasteiger charge is -2.12. The molecule has 22 heavy (non-hydrogen) atoms. The van der Waals surface area contributed by atoms with Gasteiger partial charge < -0.3 is 10.6 Å². The van der Waals surface area contributed by atoms with E-state index < -0.39 is 5.82 Å². The number of benzene rings is 1. The summed E-state index contributed by atoms with van der Waals surface area (Å²) in [6.07, 6.45) is 4.01. The third-order valence-corrected chi connectivity index (χ3v) is 3.89. The number of hydrogen-bond acceptors (Lipinski definition) is 4. The first-order valence-electron chi connectivity index (χ1n) is 7.03. The normalized spacial score (nSPS) is 14.3. The first kappa shape index (κ1) is 13.3. The standard InChI is InChI=1S/C15H13ClFN5/c16-15-10(17)2-1-3-11(15)20-12-8-14(19-9-4-5-9)22-13(21-12)6-7-18-22/h1-3,6-9,19H,4-5H2,(H,20,21). The van der Waals surface area contributed by atoms with Crippen molar-refractivity contribution < 1.29 is 4.39 Å². The van der Waals surface area contributed by atoms with E-state index in [1.54, 1.807) is 22.8 Å². The highest BCUT2D eigenvalue weighted by atomic mass is 35.5. The molecule has 1 aromatic carbocycles. The second-order valence-corrected chi connectivity index (χ2v) is 5.65. The second-order valence-electron chi connectivity index (χ2n) is 5.27. The van der Waals surface area contributed by atoms with E-state index in [1.165, 1.54) is 6.07 Å². The molecule has 0 unspecified atom stereocenters. The summed E-state index contributed by atoms with van der Waals surface area (Å²) in [6.45, 7) is 0. The van der Waals surface area contributed by atoms with Crippen LogP contribution in [-0.4, -0.2) is 20.6 Å². The van der Waals surface area contributed by atoms with E-state index >= 15 is 0 Å². The summed E-state index contributed by atoms with van der Waals surface area (Å²) in [4.78, 5) is 4.46. The van der Waals surface area contributed by atoms with Gasteiger partial charge in [0.1, 0.15) is 17.5 Å². The Balaban J connectivity index is 1.73. The fraction of sp³-hybridized carbons (Fsp3) is 0.200. The largest absolute Gasteiger partial charge is 0.367 e. The number of aromatic nitrogens is 3. The number of hydrogen-bond donors (Lipinski definition) is 2.